The molecule has 0 spiro atoms. The summed E-state index contributed by atoms with van der Waals surface area (Å²) in [7, 11) is 0. The van der Waals surface area contributed by atoms with E-state index in [1.807, 2.05) is 11.8 Å². The monoisotopic (exact) mass is 237 g/mol. The summed E-state index contributed by atoms with van der Waals surface area (Å²) in [5.41, 5.74) is 8.63. The number of rotatable bonds is 6. The van der Waals surface area contributed by atoms with Gasteiger partial charge in [-0.3, -0.25) is 0 Å². The normalized spacial score (nSPS) is 13.1. The second kappa shape index (κ2) is 6.97. The molecule has 0 fully saturated rings. The van der Waals surface area contributed by atoms with Crippen LogP contribution < -0.4 is 5.73 Å². The zero-order chi connectivity index (χ0) is 12.0. The van der Waals surface area contributed by atoms with Crippen LogP contribution in [0.4, 0.5) is 0 Å². The standard InChI is InChI=1S/C14H23NS/c1-11(2)8-9-16-14(10-15)13-7-5-4-6-12(13)3/h4-7,11,14H,8-10,15H2,1-3H3. The maximum atomic E-state index is 5.87. The Balaban J connectivity index is 2.57. The molecule has 1 rings (SSSR count). The highest BCUT2D eigenvalue weighted by Gasteiger charge is 2.12. The molecule has 90 valence electrons. The molecule has 0 aromatic heterocycles. The molecule has 0 saturated carbocycles. The predicted molar refractivity (Wildman–Crippen MR) is 74.9 cm³/mol. The fourth-order valence-corrected chi connectivity index (χ4v) is 3.15. The lowest BCUT2D eigenvalue weighted by Crippen LogP contribution is -2.11. The van der Waals surface area contributed by atoms with Crippen molar-refractivity contribution in [1.29, 1.82) is 0 Å². The largest absolute Gasteiger partial charge is 0.329 e. The van der Waals surface area contributed by atoms with Crippen LogP contribution in [0.15, 0.2) is 24.3 Å². The molecule has 16 heavy (non-hydrogen) atoms. The van der Waals surface area contributed by atoms with E-state index < -0.39 is 0 Å². The second-order valence-electron chi connectivity index (χ2n) is 4.63. The van der Waals surface area contributed by atoms with E-state index in [2.05, 4.69) is 45.0 Å². The minimum Gasteiger partial charge on any atom is -0.329 e. The van der Waals surface area contributed by atoms with Gasteiger partial charge in [0.2, 0.25) is 0 Å². The molecule has 0 aliphatic heterocycles. The van der Waals surface area contributed by atoms with Gasteiger partial charge in [-0.25, -0.2) is 0 Å². The Morgan fingerprint density at radius 2 is 1.94 bits per heavy atom. The van der Waals surface area contributed by atoms with Gasteiger partial charge in [0.05, 0.1) is 0 Å². The SMILES string of the molecule is Cc1ccccc1C(CN)SCCC(C)C. The highest BCUT2D eigenvalue weighted by Crippen LogP contribution is 2.30. The molecule has 0 amide bonds. The van der Waals surface area contributed by atoms with Crippen LogP contribution in [0.2, 0.25) is 0 Å². The van der Waals surface area contributed by atoms with Gasteiger partial charge in [0.1, 0.15) is 0 Å². The fourth-order valence-electron chi connectivity index (χ4n) is 1.68. The zero-order valence-corrected chi connectivity index (χ0v) is 11.4. The van der Waals surface area contributed by atoms with E-state index in [0.29, 0.717) is 5.25 Å². The smallest absolute Gasteiger partial charge is 0.0422 e. The summed E-state index contributed by atoms with van der Waals surface area (Å²) in [5, 5.41) is 0.458. The van der Waals surface area contributed by atoms with E-state index in [1.54, 1.807) is 0 Å². The molecule has 0 bridgehead atoms. The van der Waals surface area contributed by atoms with Gasteiger partial charge in [0, 0.05) is 11.8 Å². The number of thioether (sulfide) groups is 1. The minimum atomic E-state index is 0.458. The highest BCUT2D eigenvalue weighted by molar-refractivity contribution is 7.99. The molecular weight excluding hydrogens is 214 g/mol. The first-order valence-electron chi connectivity index (χ1n) is 6.02. The average molecular weight is 237 g/mol. The Morgan fingerprint density at radius 1 is 1.25 bits per heavy atom. The quantitative estimate of drug-likeness (QED) is 0.815. The first-order valence-corrected chi connectivity index (χ1v) is 7.07. The summed E-state index contributed by atoms with van der Waals surface area (Å²) in [6, 6.07) is 8.56. The summed E-state index contributed by atoms with van der Waals surface area (Å²) in [6.07, 6.45) is 1.27. The number of hydrogen-bond donors (Lipinski definition) is 1. The van der Waals surface area contributed by atoms with Crippen molar-refractivity contribution in [2.75, 3.05) is 12.3 Å². The number of aryl methyl sites for hydroxylation is 1. The van der Waals surface area contributed by atoms with Crippen LogP contribution in [-0.2, 0) is 0 Å². The van der Waals surface area contributed by atoms with Crippen LogP contribution in [-0.4, -0.2) is 12.3 Å². The molecule has 1 unspecified atom stereocenters. The summed E-state index contributed by atoms with van der Waals surface area (Å²) >= 11 is 1.99. The van der Waals surface area contributed by atoms with Crippen LogP contribution in [0.3, 0.4) is 0 Å². The van der Waals surface area contributed by atoms with Gasteiger partial charge in [-0.1, -0.05) is 38.1 Å². The Kier molecular flexibility index (Phi) is 5.93. The Labute approximate surface area is 104 Å². The Bertz CT molecular complexity index is 309. The van der Waals surface area contributed by atoms with Crippen LogP contribution in [0.25, 0.3) is 0 Å². The fraction of sp³-hybridized carbons (Fsp3) is 0.571. The lowest BCUT2D eigenvalue weighted by Gasteiger charge is -2.17. The van der Waals surface area contributed by atoms with Crippen molar-refractivity contribution in [3.63, 3.8) is 0 Å². The Morgan fingerprint density at radius 3 is 2.50 bits per heavy atom. The molecule has 1 aromatic carbocycles. The molecule has 0 aliphatic rings. The minimum absolute atomic E-state index is 0.458. The van der Waals surface area contributed by atoms with E-state index in [9.17, 15) is 0 Å². The Hall–Kier alpha value is -0.470. The van der Waals surface area contributed by atoms with Crippen molar-refractivity contribution in [3.8, 4) is 0 Å². The first kappa shape index (κ1) is 13.6. The van der Waals surface area contributed by atoms with E-state index in [0.717, 1.165) is 12.5 Å². The molecule has 2 N–H and O–H groups in total. The van der Waals surface area contributed by atoms with Gasteiger partial charge in [-0.2, -0.15) is 11.8 Å². The van der Waals surface area contributed by atoms with Crippen molar-refractivity contribution >= 4 is 11.8 Å². The van der Waals surface area contributed by atoms with Gasteiger partial charge < -0.3 is 5.73 Å². The lowest BCUT2D eigenvalue weighted by atomic mass is 10.1. The number of benzene rings is 1. The molecular formula is C14H23NS. The van der Waals surface area contributed by atoms with Crippen molar-refractivity contribution < 1.29 is 0 Å². The summed E-state index contributed by atoms with van der Waals surface area (Å²) in [5.74, 6) is 1.98. The van der Waals surface area contributed by atoms with Crippen molar-refractivity contribution in [2.45, 2.75) is 32.4 Å². The molecule has 1 nitrogen and oxygen atoms in total. The first-order chi connectivity index (χ1) is 7.65. The van der Waals surface area contributed by atoms with Gasteiger partial charge in [0.25, 0.3) is 0 Å². The third-order valence-corrected chi connectivity index (χ3v) is 4.08. The van der Waals surface area contributed by atoms with Gasteiger partial charge in [-0.15, -0.1) is 0 Å². The molecule has 2 heteroatoms. The third kappa shape index (κ3) is 4.18. The second-order valence-corrected chi connectivity index (χ2v) is 5.94. The maximum absolute atomic E-state index is 5.87. The van der Waals surface area contributed by atoms with Gasteiger partial charge in [0.15, 0.2) is 0 Å². The molecule has 0 saturated heterocycles. The van der Waals surface area contributed by atoms with Crippen LogP contribution in [0, 0.1) is 12.8 Å². The lowest BCUT2D eigenvalue weighted by molar-refractivity contribution is 0.631. The third-order valence-electron chi connectivity index (χ3n) is 2.76. The highest BCUT2D eigenvalue weighted by atomic mass is 32.2. The van der Waals surface area contributed by atoms with E-state index in [1.165, 1.54) is 23.3 Å². The van der Waals surface area contributed by atoms with Gasteiger partial charge in [-0.05, 0) is 36.1 Å². The molecule has 0 aliphatic carbocycles. The summed E-state index contributed by atoms with van der Waals surface area (Å²) in [6.45, 7) is 7.44. The summed E-state index contributed by atoms with van der Waals surface area (Å²) < 4.78 is 0. The van der Waals surface area contributed by atoms with Crippen molar-refractivity contribution in [2.24, 2.45) is 11.7 Å². The summed E-state index contributed by atoms with van der Waals surface area (Å²) in [4.78, 5) is 0. The van der Waals surface area contributed by atoms with Crippen LogP contribution in [0.1, 0.15) is 36.6 Å². The van der Waals surface area contributed by atoms with Gasteiger partial charge >= 0.3 is 0 Å². The molecule has 0 radical (unpaired) electrons. The molecule has 1 atom stereocenters. The van der Waals surface area contributed by atoms with E-state index >= 15 is 0 Å². The average Bonchev–Trinajstić information content (AvgIpc) is 2.25. The maximum Gasteiger partial charge on any atom is 0.0422 e. The topological polar surface area (TPSA) is 26.0 Å². The predicted octanol–water partition coefficient (Wildman–Crippen LogP) is 3.77. The molecule has 1 aromatic rings. The number of hydrogen-bond acceptors (Lipinski definition) is 2. The van der Waals surface area contributed by atoms with E-state index in [4.69, 9.17) is 5.73 Å². The van der Waals surface area contributed by atoms with E-state index in [-0.39, 0.29) is 0 Å². The van der Waals surface area contributed by atoms with Crippen molar-refractivity contribution in [1.82, 2.24) is 0 Å². The molecule has 0 heterocycles. The van der Waals surface area contributed by atoms with Crippen molar-refractivity contribution in [3.05, 3.63) is 35.4 Å². The zero-order valence-electron chi connectivity index (χ0n) is 10.6. The number of nitrogens with two attached hydrogens (primary N) is 1. The van der Waals surface area contributed by atoms with Crippen LogP contribution in [0.5, 0.6) is 0 Å². The van der Waals surface area contributed by atoms with Crippen LogP contribution >= 0.6 is 11.8 Å².